The maximum absolute atomic E-state index is 5.65. The summed E-state index contributed by atoms with van der Waals surface area (Å²) in [5.74, 6) is 1.07. The molecule has 104 valence electrons. The van der Waals surface area contributed by atoms with Crippen molar-refractivity contribution in [1.82, 2.24) is 4.37 Å². The highest BCUT2D eigenvalue weighted by atomic mass is 32.1. The lowest BCUT2D eigenvalue weighted by Crippen LogP contribution is -2.06. The first-order valence-corrected chi connectivity index (χ1v) is 6.66. The normalized spacial score (nSPS) is 10.6. The number of nitrogens with one attached hydrogen (secondary N) is 1. The molecule has 6 nitrogen and oxygen atoms in total. The number of nitrogen functional groups attached to an aromatic ring is 1. The second-order valence-corrected chi connectivity index (χ2v) is 4.44. The van der Waals surface area contributed by atoms with Crippen LogP contribution in [0.2, 0.25) is 0 Å². The molecule has 0 atom stereocenters. The molecule has 1 aromatic heterocycles. The first kappa shape index (κ1) is 15.0. The number of ether oxygens (including phenoxy) is 3. The van der Waals surface area contributed by atoms with E-state index in [1.807, 2.05) is 0 Å². The van der Waals surface area contributed by atoms with Crippen LogP contribution in [0.3, 0.4) is 0 Å². The van der Waals surface area contributed by atoms with Gasteiger partial charge in [0.2, 0.25) is 0 Å². The van der Waals surface area contributed by atoms with Gasteiger partial charge in [-0.2, -0.15) is 4.37 Å². The number of rotatable bonds is 10. The van der Waals surface area contributed by atoms with Gasteiger partial charge in [-0.15, -0.1) is 0 Å². The van der Waals surface area contributed by atoms with Gasteiger partial charge in [-0.3, -0.25) is 0 Å². The van der Waals surface area contributed by atoms with Crippen LogP contribution in [0.5, 0.6) is 5.75 Å². The van der Waals surface area contributed by atoms with Crippen LogP contribution in [-0.4, -0.2) is 45.0 Å². The molecule has 0 aliphatic carbocycles. The molecule has 0 unspecified atom stereocenters. The second-order valence-electron chi connectivity index (χ2n) is 3.67. The SMILES string of the molecule is COCCOCCCCNc1snc(N)c1OC. The van der Waals surface area contributed by atoms with Crippen molar-refractivity contribution in [3.05, 3.63) is 0 Å². The summed E-state index contributed by atoms with van der Waals surface area (Å²) in [6.45, 7) is 2.91. The number of nitrogens with two attached hydrogens (primary N) is 1. The number of hydrogen-bond acceptors (Lipinski definition) is 7. The smallest absolute Gasteiger partial charge is 0.197 e. The van der Waals surface area contributed by atoms with E-state index in [1.54, 1.807) is 14.2 Å². The van der Waals surface area contributed by atoms with Gasteiger partial charge < -0.3 is 25.3 Å². The van der Waals surface area contributed by atoms with Gasteiger partial charge >= 0.3 is 0 Å². The number of hydrogen-bond donors (Lipinski definition) is 2. The largest absolute Gasteiger partial charge is 0.490 e. The minimum absolute atomic E-state index is 0.438. The Balaban J connectivity index is 2.07. The molecule has 3 N–H and O–H groups in total. The summed E-state index contributed by atoms with van der Waals surface area (Å²) in [7, 11) is 3.26. The van der Waals surface area contributed by atoms with Crippen LogP contribution in [0, 0.1) is 0 Å². The fourth-order valence-corrected chi connectivity index (χ4v) is 2.09. The Bertz CT molecular complexity index is 333. The number of aromatic nitrogens is 1. The molecule has 0 aliphatic rings. The lowest BCUT2D eigenvalue weighted by atomic mass is 10.3. The number of unbranched alkanes of at least 4 members (excludes halogenated alkanes) is 1. The quantitative estimate of drug-likeness (QED) is 0.631. The highest BCUT2D eigenvalue weighted by molar-refractivity contribution is 7.11. The average Bonchev–Trinajstić information content (AvgIpc) is 2.73. The van der Waals surface area contributed by atoms with Gasteiger partial charge in [-0.25, -0.2) is 0 Å². The fraction of sp³-hybridized carbons (Fsp3) is 0.727. The van der Waals surface area contributed by atoms with Crippen LogP contribution in [0.15, 0.2) is 0 Å². The Hall–Kier alpha value is -1.05. The summed E-state index contributed by atoms with van der Waals surface area (Å²) in [5, 5.41) is 4.14. The molecule has 0 bridgehead atoms. The van der Waals surface area contributed by atoms with E-state index in [-0.39, 0.29) is 0 Å². The highest BCUT2D eigenvalue weighted by Gasteiger charge is 2.10. The Morgan fingerprint density at radius 2 is 2.06 bits per heavy atom. The van der Waals surface area contributed by atoms with Crippen molar-refractivity contribution >= 4 is 22.4 Å². The van der Waals surface area contributed by atoms with Crippen LogP contribution in [0.4, 0.5) is 10.8 Å². The third kappa shape index (κ3) is 5.07. The fourth-order valence-electron chi connectivity index (χ4n) is 1.38. The maximum Gasteiger partial charge on any atom is 0.197 e. The van der Waals surface area contributed by atoms with Crippen molar-refractivity contribution in [2.24, 2.45) is 0 Å². The van der Waals surface area contributed by atoms with Gasteiger partial charge in [0.1, 0.15) is 0 Å². The molecule has 0 amide bonds. The summed E-state index contributed by atoms with van der Waals surface area (Å²) in [6.07, 6.45) is 2.03. The predicted molar refractivity (Wildman–Crippen MR) is 73.5 cm³/mol. The Kier molecular flexibility index (Phi) is 7.47. The highest BCUT2D eigenvalue weighted by Crippen LogP contribution is 2.34. The summed E-state index contributed by atoms with van der Waals surface area (Å²) in [5.41, 5.74) is 5.65. The van der Waals surface area contributed by atoms with Gasteiger partial charge in [0, 0.05) is 20.3 Å². The topological polar surface area (TPSA) is 78.6 Å². The van der Waals surface area contributed by atoms with Crippen molar-refractivity contribution in [3.8, 4) is 5.75 Å². The average molecular weight is 275 g/mol. The zero-order chi connectivity index (χ0) is 13.2. The van der Waals surface area contributed by atoms with E-state index < -0.39 is 0 Å². The Morgan fingerprint density at radius 1 is 1.22 bits per heavy atom. The van der Waals surface area contributed by atoms with Crippen molar-refractivity contribution in [1.29, 1.82) is 0 Å². The third-order valence-electron chi connectivity index (χ3n) is 2.31. The molecule has 1 rings (SSSR count). The molecule has 0 aliphatic heterocycles. The molecule has 18 heavy (non-hydrogen) atoms. The molecule has 7 heteroatoms. The predicted octanol–water partition coefficient (Wildman–Crippen LogP) is 1.59. The van der Waals surface area contributed by atoms with E-state index in [2.05, 4.69) is 9.69 Å². The van der Waals surface area contributed by atoms with Crippen LogP contribution in [0.25, 0.3) is 0 Å². The second kappa shape index (κ2) is 8.96. The van der Waals surface area contributed by atoms with Gasteiger partial charge in [-0.1, -0.05) is 0 Å². The first-order valence-electron chi connectivity index (χ1n) is 5.89. The standard InChI is InChI=1S/C11H21N3O3S/c1-15-7-8-17-6-4-3-5-13-11-9(16-2)10(12)14-18-11/h13H,3-8H2,1-2H3,(H2,12,14). The van der Waals surface area contributed by atoms with E-state index in [9.17, 15) is 0 Å². The van der Waals surface area contributed by atoms with E-state index in [0.29, 0.717) is 24.8 Å². The van der Waals surface area contributed by atoms with Gasteiger partial charge in [0.05, 0.1) is 20.3 Å². The summed E-state index contributed by atoms with van der Waals surface area (Å²) < 4.78 is 19.4. The van der Waals surface area contributed by atoms with E-state index in [0.717, 1.165) is 31.0 Å². The van der Waals surface area contributed by atoms with Crippen LogP contribution >= 0.6 is 11.5 Å². The first-order chi connectivity index (χ1) is 8.79. The van der Waals surface area contributed by atoms with E-state index in [4.69, 9.17) is 19.9 Å². The van der Waals surface area contributed by atoms with Crippen molar-refractivity contribution < 1.29 is 14.2 Å². The molecule has 0 saturated heterocycles. The van der Waals surface area contributed by atoms with Crippen LogP contribution in [0.1, 0.15) is 12.8 Å². The molecule has 0 saturated carbocycles. The van der Waals surface area contributed by atoms with E-state index in [1.165, 1.54) is 11.5 Å². The molecule has 0 spiro atoms. The number of nitrogens with zero attached hydrogens (tertiary/aromatic N) is 1. The lowest BCUT2D eigenvalue weighted by molar-refractivity contribution is 0.0691. The molecule has 0 aromatic carbocycles. The molecular weight excluding hydrogens is 254 g/mol. The summed E-state index contributed by atoms with van der Waals surface area (Å²) in [6, 6.07) is 0. The summed E-state index contributed by atoms with van der Waals surface area (Å²) in [4.78, 5) is 0. The maximum atomic E-state index is 5.65. The Morgan fingerprint density at radius 3 is 2.78 bits per heavy atom. The zero-order valence-corrected chi connectivity index (χ0v) is 11.7. The van der Waals surface area contributed by atoms with Gasteiger partial charge in [0.25, 0.3) is 0 Å². The molecule has 1 aromatic rings. The minimum atomic E-state index is 0.438. The third-order valence-corrected chi connectivity index (χ3v) is 3.11. The molecule has 0 radical (unpaired) electrons. The van der Waals surface area contributed by atoms with Crippen molar-refractivity contribution in [2.45, 2.75) is 12.8 Å². The molecule has 0 fully saturated rings. The van der Waals surface area contributed by atoms with Gasteiger partial charge in [0.15, 0.2) is 16.6 Å². The van der Waals surface area contributed by atoms with Crippen LogP contribution < -0.4 is 15.8 Å². The van der Waals surface area contributed by atoms with Crippen molar-refractivity contribution in [2.75, 3.05) is 51.6 Å². The lowest BCUT2D eigenvalue weighted by Gasteiger charge is -2.06. The monoisotopic (exact) mass is 275 g/mol. The minimum Gasteiger partial charge on any atom is -0.490 e. The molecular formula is C11H21N3O3S. The molecule has 1 heterocycles. The van der Waals surface area contributed by atoms with Crippen LogP contribution in [-0.2, 0) is 9.47 Å². The van der Waals surface area contributed by atoms with E-state index >= 15 is 0 Å². The number of anilines is 2. The Labute approximate surface area is 112 Å². The van der Waals surface area contributed by atoms with Gasteiger partial charge in [-0.05, 0) is 24.4 Å². The summed E-state index contributed by atoms with van der Waals surface area (Å²) >= 11 is 1.32. The zero-order valence-electron chi connectivity index (χ0n) is 10.9. The number of methoxy groups -OCH3 is 2. The van der Waals surface area contributed by atoms with Crippen molar-refractivity contribution in [3.63, 3.8) is 0 Å².